The van der Waals surface area contributed by atoms with Crippen molar-refractivity contribution in [3.63, 3.8) is 0 Å². The molecule has 0 aliphatic heterocycles. The van der Waals surface area contributed by atoms with Gasteiger partial charge in [-0.05, 0) is 206 Å². The topological polar surface area (TPSA) is 95.9 Å². The van der Waals surface area contributed by atoms with E-state index in [1.165, 1.54) is 181 Å². The maximum atomic E-state index is 5.12. The van der Waals surface area contributed by atoms with E-state index in [1.807, 2.05) is 48.3 Å². The molecule has 16 heterocycles. The highest BCUT2D eigenvalue weighted by molar-refractivity contribution is 7.26. The van der Waals surface area contributed by atoms with Gasteiger partial charge in [0.15, 0.2) is 0 Å². The van der Waals surface area contributed by atoms with Crippen molar-refractivity contribution in [2.45, 2.75) is 0 Å². The van der Waals surface area contributed by atoms with Crippen LogP contribution in [0.4, 0.5) is 0 Å². The van der Waals surface area contributed by atoms with Gasteiger partial charge in [-0.15, -0.1) is 34.0 Å². The van der Waals surface area contributed by atoms with Gasteiger partial charge in [-0.2, -0.15) is 0 Å². The minimum atomic E-state index is 0.921. The molecule has 0 unspecified atom stereocenters. The van der Waals surface area contributed by atoms with Crippen LogP contribution in [-0.2, 0) is 0 Å². The highest BCUT2D eigenvalue weighted by Gasteiger charge is 2.29. The van der Waals surface area contributed by atoms with Crippen LogP contribution in [0.1, 0.15) is 0 Å². The van der Waals surface area contributed by atoms with E-state index in [1.54, 1.807) is 22.7 Å². The molecule has 0 amide bonds. The molecule has 0 bridgehead atoms. The summed E-state index contributed by atoms with van der Waals surface area (Å²) in [6, 6.07) is 160. The number of fused-ring (bicyclic) bond motifs is 33. The number of thiophene rings is 3. The Morgan fingerprint density at radius 1 is 0.153 bits per heavy atom. The van der Waals surface area contributed by atoms with Crippen LogP contribution in [0.5, 0.6) is 0 Å². The Bertz CT molecular complexity index is 10000. The summed E-state index contributed by atoms with van der Waals surface area (Å²) in [6.07, 6.45) is 7.87. The molecule has 672 valence electrons. The molecule has 17 aromatic carbocycles. The summed E-state index contributed by atoms with van der Waals surface area (Å²) in [7, 11) is 0. The second kappa shape index (κ2) is 31.5. The Balaban J connectivity index is 0.0000000986. The molecule has 0 aliphatic carbocycles. The maximum Gasteiger partial charge on any atom is 0.146 e. The lowest BCUT2D eigenvalue weighted by atomic mass is 10.1. The molecular weight excluding hydrogens is 1820 g/mol. The summed E-state index contributed by atoms with van der Waals surface area (Å²) >= 11 is 5.40. The Labute approximate surface area is 832 Å². The van der Waals surface area contributed by atoms with Crippen molar-refractivity contribution < 1.29 is 0 Å². The van der Waals surface area contributed by atoms with Gasteiger partial charge in [0.05, 0.1) is 71.8 Å². The number of benzene rings is 17. The Morgan fingerprint density at radius 3 is 0.861 bits per heavy atom. The average Bonchev–Trinajstić information content (AvgIpc) is 1.54. The predicted molar refractivity (Wildman–Crippen MR) is 606 cm³/mol. The van der Waals surface area contributed by atoms with E-state index >= 15 is 0 Å². The zero-order valence-electron chi connectivity index (χ0n) is 77.0. The van der Waals surface area contributed by atoms with Crippen LogP contribution in [0.15, 0.2) is 468 Å². The first-order valence-electron chi connectivity index (χ1n) is 48.5. The quantitative estimate of drug-likeness (QED) is 0.144. The average molecular weight is 1890 g/mol. The summed E-state index contributed by atoms with van der Waals surface area (Å²) in [4.78, 5) is 21.0. The fourth-order valence-corrected chi connectivity index (χ4v) is 26.6. The highest BCUT2D eigenvalue weighted by atomic mass is 32.1. The third-order valence-corrected chi connectivity index (χ3v) is 32.9. The lowest BCUT2D eigenvalue weighted by molar-refractivity contribution is 1.05. The molecule has 16 aromatic heterocycles. The standard InChI is InChI=1S/2C43H26N4S.C42H25N5S/c1-2-12-27(13-3-1)46-38-20-10-6-16-32(38)41-33-17-7-11-21-39(33)47(43(41)46)29-25-35-34-24-28(22-23-40(34)48-42(35)44-26-29)45-36-18-8-4-14-30(36)31-15-5-9-19-37(31)45;1-2-11-27(12-3-1)46-37-18-8-5-14-32(37)41-33-15-6-9-19-38(33)47(43(41)46)29-21-23-40-35(26-29)34-25-28(20-22-39(34)48-40)45-36-17-7-4-13-30(36)31-16-10-24-44-42(31)45;1-2-11-26(12-3-1)45-36-19-9-6-15-30(36)40-31-16-10-22-43-41(31)46(42(40)45)27-20-21-37-32(23-27)33-24-39(44-25-38(33)48-37)47-34-17-7-4-13-28(34)29-14-5-8-18-35(29)47/h2*1-26H;1-25H. The van der Waals surface area contributed by atoms with Crippen LogP contribution < -0.4 is 0 Å². The summed E-state index contributed by atoms with van der Waals surface area (Å²) in [5.74, 6) is 0.921. The van der Waals surface area contributed by atoms with Crippen molar-refractivity contribution in [1.29, 1.82) is 0 Å². The molecule has 0 N–H and O–H groups in total. The van der Waals surface area contributed by atoms with E-state index in [0.717, 1.165) is 95.2 Å². The van der Waals surface area contributed by atoms with Crippen molar-refractivity contribution in [3.05, 3.63) is 468 Å². The molecule has 0 saturated carbocycles. The zero-order valence-corrected chi connectivity index (χ0v) is 79.4. The number of nitrogens with zero attached hydrogens (tertiary/aromatic N) is 13. The molecule has 0 saturated heterocycles. The van der Waals surface area contributed by atoms with Crippen LogP contribution in [0.25, 0.3) is 276 Å². The van der Waals surface area contributed by atoms with Gasteiger partial charge in [-0.1, -0.05) is 237 Å². The van der Waals surface area contributed by atoms with Crippen molar-refractivity contribution in [2.75, 3.05) is 0 Å². The molecule has 13 nitrogen and oxygen atoms in total. The van der Waals surface area contributed by atoms with Gasteiger partial charge in [0.25, 0.3) is 0 Å². The molecule has 0 fully saturated rings. The highest BCUT2D eigenvalue weighted by Crippen LogP contribution is 2.50. The maximum absolute atomic E-state index is 5.12. The van der Waals surface area contributed by atoms with Crippen molar-refractivity contribution >= 4 is 259 Å². The van der Waals surface area contributed by atoms with Gasteiger partial charge >= 0.3 is 0 Å². The van der Waals surface area contributed by atoms with Gasteiger partial charge in [0.1, 0.15) is 38.9 Å². The first kappa shape index (κ1) is 80.4. The largest absolute Gasteiger partial charge is 0.309 e. The summed E-state index contributed by atoms with van der Waals surface area (Å²) in [5, 5.41) is 25.8. The van der Waals surface area contributed by atoms with E-state index < -0.39 is 0 Å². The van der Waals surface area contributed by atoms with E-state index in [0.29, 0.717) is 0 Å². The molecular formula is C128H77N13S3. The fourth-order valence-electron chi connectivity index (χ4n) is 23.5. The molecule has 33 aromatic rings. The molecule has 0 spiro atoms. The molecule has 0 atom stereocenters. The summed E-state index contributed by atoms with van der Waals surface area (Å²) in [5.41, 5.74) is 26.2. The Morgan fingerprint density at radius 2 is 0.431 bits per heavy atom. The van der Waals surface area contributed by atoms with Crippen molar-refractivity contribution in [1.82, 2.24) is 61.0 Å². The second-order valence-corrected chi connectivity index (χ2v) is 40.4. The van der Waals surface area contributed by atoms with Crippen molar-refractivity contribution in [3.8, 4) is 51.3 Å². The lowest BCUT2D eigenvalue weighted by Gasteiger charge is -2.13. The smallest absolute Gasteiger partial charge is 0.146 e. The number of pyridine rings is 4. The molecule has 0 aliphatic rings. The Kier molecular flexibility index (Phi) is 17.6. The minimum Gasteiger partial charge on any atom is -0.309 e. The third kappa shape index (κ3) is 11.8. The van der Waals surface area contributed by atoms with E-state index in [9.17, 15) is 0 Å². The lowest BCUT2D eigenvalue weighted by Crippen LogP contribution is -2.02. The number of hydrogen-bond acceptors (Lipinski definition) is 7. The Hall–Kier alpha value is -18.6. The van der Waals surface area contributed by atoms with Crippen LogP contribution in [-0.4, -0.2) is 61.0 Å². The fraction of sp³-hybridized carbons (Fsp3) is 0. The molecule has 144 heavy (non-hydrogen) atoms. The second-order valence-electron chi connectivity index (χ2n) is 37.2. The first-order chi connectivity index (χ1) is 71.5. The molecule has 33 rings (SSSR count). The zero-order chi connectivity index (χ0) is 94.0. The summed E-state index contributed by atoms with van der Waals surface area (Å²) in [6.45, 7) is 0. The van der Waals surface area contributed by atoms with E-state index in [-0.39, 0.29) is 0 Å². The first-order valence-corrected chi connectivity index (χ1v) is 51.0. The van der Waals surface area contributed by atoms with Gasteiger partial charge in [0.2, 0.25) is 0 Å². The van der Waals surface area contributed by atoms with Crippen LogP contribution in [0.3, 0.4) is 0 Å². The van der Waals surface area contributed by atoms with Crippen molar-refractivity contribution in [2.24, 2.45) is 0 Å². The van der Waals surface area contributed by atoms with Crippen LogP contribution >= 0.6 is 34.0 Å². The SMILES string of the molecule is c1ccc(-n2c3ccccc3c3c4ccccc4n(-c4ccc5sc6ccc(-n7c8ccccc8c8cccnc87)cc6c5c4)c32)cc1.c1ccc(-n2c3ccccc3c3c4ccccc4n(-c4cnc5sc6ccc(-n7c8ccccc8c8ccccc87)cc6c5c4)c32)cc1.c1ccc(-n2c3ccccc3c3c4cccnc4n(-c4ccc5sc6cnc(-n7c8ccccc8c8ccccc87)cc6c5c4)c32)cc1. The van der Waals surface area contributed by atoms with Gasteiger partial charge in [-0.3, -0.25) is 36.5 Å². The molecule has 16 heteroatoms. The monoisotopic (exact) mass is 1890 g/mol. The van der Waals surface area contributed by atoms with E-state index in [2.05, 4.69) is 472 Å². The number of aromatic nitrogens is 13. The molecule has 0 radical (unpaired) electrons. The summed E-state index contributed by atoms with van der Waals surface area (Å²) < 4.78 is 27.6. The van der Waals surface area contributed by atoms with Gasteiger partial charge < -0.3 is 4.57 Å². The number of para-hydroxylation sites is 13. The minimum absolute atomic E-state index is 0.921. The number of hydrogen-bond donors (Lipinski definition) is 0. The van der Waals surface area contributed by atoms with Gasteiger partial charge in [0, 0.05) is 190 Å². The normalized spacial score (nSPS) is 12.2. The number of rotatable bonds is 9. The third-order valence-electron chi connectivity index (χ3n) is 29.5. The van der Waals surface area contributed by atoms with Crippen LogP contribution in [0.2, 0.25) is 0 Å². The predicted octanol–water partition coefficient (Wildman–Crippen LogP) is 34.2. The van der Waals surface area contributed by atoms with E-state index in [4.69, 9.17) is 19.9 Å². The van der Waals surface area contributed by atoms with Crippen LogP contribution in [0, 0.1) is 0 Å². The van der Waals surface area contributed by atoms with Gasteiger partial charge in [-0.25, -0.2) is 19.9 Å².